The Bertz CT molecular complexity index is 1480. The molecule has 1 fully saturated rings. The normalized spacial score (nSPS) is 14.4. The third-order valence-corrected chi connectivity index (χ3v) is 9.71. The Kier molecular flexibility index (Phi) is 12.3. The van der Waals surface area contributed by atoms with E-state index < -0.39 is 16.1 Å². The summed E-state index contributed by atoms with van der Waals surface area (Å²) in [6.07, 6.45) is 7.11. The Labute approximate surface area is 270 Å². The summed E-state index contributed by atoms with van der Waals surface area (Å²) < 4.78 is 33.0. The average Bonchev–Trinajstić information content (AvgIpc) is 3.02. The van der Waals surface area contributed by atoms with E-state index in [1.807, 2.05) is 54.6 Å². The molecular formula is C34H42BrN3O5S. The topological polar surface area (TPSA) is 96.0 Å². The minimum absolute atomic E-state index is 0.0779. The molecule has 1 aliphatic rings. The lowest BCUT2D eigenvalue weighted by atomic mass is 9.94. The summed E-state index contributed by atoms with van der Waals surface area (Å²) in [6, 6.07) is 23.7. The highest BCUT2D eigenvalue weighted by Gasteiger charge is 2.32. The van der Waals surface area contributed by atoms with Crippen molar-refractivity contribution in [1.82, 2.24) is 10.2 Å². The fourth-order valence-electron chi connectivity index (χ4n) is 5.65. The molecule has 10 heteroatoms. The number of hydrogen-bond donors (Lipinski definition) is 1. The van der Waals surface area contributed by atoms with E-state index >= 15 is 0 Å². The number of methoxy groups -OCH3 is 1. The smallest absolute Gasteiger partial charge is 0.243 e. The summed E-state index contributed by atoms with van der Waals surface area (Å²) in [5.41, 5.74) is 2.34. The lowest BCUT2D eigenvalue weighted by Crippen LogP contribution is -2.52. The van der Waals surface area contributed by atoms with Crippen LogP contribution in [0.3, 0.4) is 0 Å². The summed E-state index contributed by atoms with van der Waals surface area (Å²) in [5.74, 6) is 0.188. The van der Waals surface area contributed by atoms with Gasteiger partial charge in [-0.1, -0.05) is 83.7 Å². The molecule has 3 aromatic rings. The van der Waals surface area contributed by atoms with E-state index in [9.17, 15) is 18.0 Å². The number of carbonyl (C=O) groups is 2. The van der Waals surface area contributed by atoms with E-state index in [1.54, 1.807) is 29.2 Å². The summed E-state index contributed by atoms with van der Waals surface area (Å²) in [5, 5.41) is 3.26. The van der Waals surface area contributed by atoms with Gasteiger partial charge in [-0.25, -0.2) is 8.42 Å². The van der Waals surface area contributed by atoms with Crippen LogP contribution in [0.2, 0.25) is 0 Å². The van der Waals surface area contributed by atoms with Crippen LogP contribution >= 0.6 is 15.9 Å². The van der Waals surface area contributed by atoms with Gasteiger partial charge in [-0.15, -0.1) is 0 Å². The van der Waals surface area contributed by atoms with Crippen LogP contribution in [0.5, 0.6) is 5.75 Å². The molecule has 0 bridgehead atoms. The highest BCUT2D eigenvalue weighted by atomic mass is 79.9. The third-order valence-electron chi connectivity index (χ3n) is 7.98. The van der Waals surface area contributed by atoms with Crippen LogP contribution in [-0.4, -0.2) is 57.1 Å². The monoisotopic (exact) mass is 683 g/mol. The number of nitrogens with one attached hydrogen (secondary N) is 1. The Balaban J connectivity index is 1.58. The number of amides is 2. The molecule has 4 rings (SSSR count). The zero-order valence-corrected chi connectivity index (χ0v) is 27.9. The summed E-state index contributed by atoms with van der Waals surface area (Å²) in [4.78, 5) is 29.7. The molecule has 0 aliphatic heterocycles. The molecule has 0 radical (unpaired) electrons. The van der Waals surface area contributed by atoms with Crippen molar-refractivity contribution in [2.75, 3.05) is 24.2 Å². The zero-order chi connectivity index (χ0) is 31.5. The quantitative estimate of drug-likeness (QED) is 0.222. The van der Waals surface area contributed by atoms with Crippen LogP contribution in [0, 0.1) is 0 Å². The van der Waals surface area contributed by atoms with Gasteiger partial charge in [0.05, 0.1) is 19.1 Å². The molecule has 3 aromatic carbocycles. The van der Waals surface area contributed by atoms with E-state index in [4.69, 9.17) is 4.74 Å². The minimum atomic E-state index is -3.62. The summed E-state index contributed by atoms with van der Waals surface area (Å²) in [6.45, 7) is 0.370. The van der Waals surface area contributed by atoms with Gasteiger partial charge < -0.3 is 15.0 Å². The third kappa shape index (κ3) is 9.82. The molecule has 1 saturated carbocycles. The number of halogens is 1. The zero-order valence-electron chi connectivity index (χ0n) is 25.5. The van der Waals surface area contributed by atoms with Crippen molar-refractivity contribution >= 4 is 43.5 Å². The van der Waals surface area contributed by atoms with Gasteiger partial charge >= 0.3 is 0 Å². The van der Waals surface area contributed by atoms with Crippen molar-refractivity contribution < 1.29 is 22.7 Å². The van der Waals surface area contributed by atoms with E-state index in [-0.39, 0.29) is 43.8 Å². The first-order valence-electron chi connectivity index (χ1n) is 15.1. The molecule has 8 nitrogen and oxygen atoms in total. The van der Waals surface area contributed by atoms with Crippen molar-refractivity contribution in [3.63, 3.8) is 0 Å². The van der Waals surface area contributed by atoms with Crippen LogP contribution in [0.25, 0.3) is 0 Å². The Morgan fingerprint density at radius 3 is 2.32 bits per heavy atom. The molecule has 0 spiro atoms. The van der Waals surface area contributed by atoms with E-state index in [0.717, 1.165) is 47.5 Å². The lowest BCUT2D eigenvalue weighted by molar-refractivity contribution is -0.141. The highest BCUT2D eigenvalue weighted by molar-refractivity contribution is 9.10. The highest BCUT2D eigenvalue weighted by Crippen LogP contribution is 2.25. The molecule has 0 saturated heterocycles. The fourth-order valence-corrected chi connectivity index (χ4v) is 6.88. The second-order valence-corrected chi connectivity index (χ2v) is 14.2. The molecule has 1 atom stereocenters. The molecule has 1 N–H and O–H groups in total. The molecule has 44 heavy (non-hydrogen) atoms. The largest absolute Gasteiger partial charge is 0.497 e. The van der Waals surface area contributed by atoms with Crippen molar-refractivity contribution in [2.24, 2.45) is 0 Å². The predicted molar refractivity (Wildman–Crippen MR) is 178 cm³/mol. The number of carbonyl (C=O) groups excluding carboxylic acids is 2. The average molecular weight is 685 g/mol. The van der Waals surface area contributed by atoms with E-state index in [1.165, 1.54) is 17.8 Å². The minimum Gasteiger partial charge on any atom is -0.497 e. The second kappa shape index (κ2) is 16.1. The number of hydrogen-bond acceptors (Lipinski definition) is 5. The molecule has 0 unspecified atom stereocenters. The van der Waals surface area contributed by atoms with Crippen molar-refractivity contribution in [1.29, 1.82) is 0 Å². The maximum absolute atomic E-state index is 14.1. The Hall–Kier alpha value is -3.37. The van der Waals surface area contributed by atoms with Crippen LogP contribution in [0.4, 0.5) is 5.69 Å². The van der Waals surface area contributed by atoms with E-state index in [0.29, 0.717) is 17.9 Å². The standard InChI is InChI=1S/C34H42BrN3O5S/c1-43-31-16-9-15-30(24-31)38(44(2,41)42)22-10-17-33(39)37(25-27-18-20-28(35)21-19-27)32(23-26-11-5-3-6-12-26)34(40)36-29-13-7-4-8-14-29/h3,5-6,9,11-12,15-16,18-21,24,29,32H,4,7-8,10,13-14,17,22-23,25H2,1-2H3,(H,36,40)/t32-/m1/s1. The summed E-state index contributed by atoms with van der Waals surface area (Å²) in [7, 11) is -2.09. The molecule has 2 amide bonds. The SMILES string of the molecule is COc1cccc(N(CCCC(=O)N(Cc2ccc(Br)cc2)[C@H](Cc2ccccc2)C(=O)NC2CCCCC2)S(C)(=O)=O)c1. The van der Waals surface area contributed by atoms with Crippen LogP contribution < -0.4 is 14.4 Å². The Morgan fingerprint density at radius 2 is 1.66 bits per heavy atom. The Morgan fingerprint density at radius 1 is 0.955 bits per heavy atom. The summed E-state index contributed by atoms with van der Waals surface area (Å²) >= 11 is 3.48. The van der Waals surface area contributed by atoms with Gasteiger partial charge in [-0.2, -0.15) is 0 Å². The van der Waals surface area contributed by atoms with Crippen molar-refractivity contribution in [2.45, 2.75) is 70.0 Å². The maximum Gasteiger partial charge on any atom is 0.243 e. The number of ether oxygens (including phenoxy) is 1. The number of benzene rings is 3. The number of anilines is 1. The number of sulfonamides is 1. The fraction of sp³-hybridized carbons (Fsp3) is 0.412. The van der Waals surface area contributed by atoms with Gasteiger partial charge in [-0.3, -0.25) is 13.9 Å². The first-order valence-corrected chi connectivity index (χ1v) is 17.8. The maximum atomic E-state index is 14.1. The van der Waals surface area contributed by atoms with Gasteiger partial charge in [0.25, 0.3) is 0 Å². The van der Waals surface area contributed by atoms with E-state index in [2.05, 4.69) is 21.2 Å². The van der Waals surface area contributed by atoms with Gasteiger partial charge in [0.1, 0.15) is 11.8 Å². The van der Waals surface area contributed by atoms with Gasteiger partial charge in [0.2, 0.25) is 21.8 Å². The lowest BCUT2D eigenvalue weighted by Gasteiger charge is -2.34. The molecule has 0 aromatic heterocycles. The predicted octanol–water partition coefficient (Wildman–Crippen LogP) is 6.09. The van der Waals surface area contributed by atoms with Gasteiger partial charge in [0.15, 0.2) is 0 Å². The molecule has 1 aliphatic carbocycles. The van der Waals surface area contributed by atoms with Crippen molar-refractivity contribution in [3.05, 3.63) is 94.5 Å². The molecular weight excluding hydrogens is 642 g/mol. The molecule has 236 valence electrons. The number of rotatable bonds is 14. The van der Waals surface area contributed by atoms with Crippen LogP contribution in [0.15, 0.2) is 83.3 Å². The first kappa shape index (κ1) is 33.5. The van der Waals surface area contributed by atoms with Gasteiger partial charge in [0, 0.05) is 42.5 Å². The first-order chi connectivity index (χ1) is 21.1. The van der Waals surface area contributed by atoms with Crippen molar-refractivity contribution in [3.8, 4) is 5.75 Å². The van der Waals surface area contributed by atoms with Crippen LogP contribution in [-0.2, 0) is 32.6 Å². The van der Waals surface area contributed by atoms with Crippen LogP contribution in [0.1, 0.15) is 56.1 Å². The number of nitrogens with zero attached hydrogens (tertiary/aromatic N) is 2. The second-order valence-electron chi connectivity index (χ2n) is 11.3. The molecule has 0 heterocycles. The van der Waals surface area contributed by atoms with Gasteiger partial charge in [-0.05, 0) is 54.7 Å².